The SMILES string of the molecule is C#CP(=O)(Nc1ccc(C(=O)C(=C)C)cc1)OCCOCCO. The van der Waals surface area contributed by atoms with Gasteiger partial charge in [-0.1, -0.05) is 6.58 Å². The Morgan fingerprint density at radius 1 is 1.35 bits per heavy atom. The van der Waals surface area contributed by atoms with Crippen LogP contribution in [0.5, 0.6) is 0 Å². The summed E-state index contributed by atoms with van der Waals surface area (Å²) in [6, 6.07) is 6.35. The molecule has 2 N–H and O–H groups in total. The van der Waals surface area contributed by atoms with Gasteiger partial charge in [0.2, 0.25) is 0 Å². The van der Waals surface area contributed by atoms with Crippen molar-refractivity contribution >= 4 is 19.0 Å². The first kappa shape index (κ1) is 19.1. The number of allylic oxidation sites excluding steroid dienone is 1. The number of aliphatic hydroxyl groups is 1. The van der Waals surface area contributed by atoms with Crippen molar-refractivity contribution in [2.45, 2.75) is 6.92 Å². The van der Waals surface area contributed by atoms with E-state index in [-0.39, 0.29) is 32.2 Å². The quantitative estimate of drug-likeness (QED) is 0.224. The number of anilines is 1. The number of ketones is 1. The first-order chi connectivity index (χ1) is 10.9. The summed E-state index contributed by atoms with van der Waals surface area (Å²) in [7, 11) is -3.50. The standard InChI is InChI=1S/C16H20NO5P/c1-4-23(20,22-12-11-21-10-9-18)17-15-7-5-14(6-8-15)16(19)13(2)3/h1,5-8,18H,2,9-12H2,3H3,(H,17,20). The van der Waals surface area contributed by atoms with Gasteiger partial charge < -0.3 is 19.5 Å². The Morgan fingerprint density at radius 3 is 2.52 bits per heavy atom. The van der Waals surface area contributed by atoms with E-state index >= 15 is 0 Å². The van der Waals surface area contributed by atoms with Crippen molar-refractivity contribution in [2.75, 3.05) is 31.5 Å². The third kappa shape index (κ3) is 6.39. The van der Waals surface area contributed by atoms with Crippen LogP contribution in [0.3, 0.4) is 0 Å². The predicted octanol–water partition coefficient (Wildman–Crippen LogP) is 2.67. The van der Waals surface area contributed by atoms with Crippen LogP contribution in [0.15, 0.2) is 36.4 Å². The second-order valence-electron chi connectivity index (χ2n) is 4.65. The van der Waals surface area contributed by atoms with Crippen LogP contribution < -0.4 is 5.09 Å². The number of aliphatic hydroxyl groups excluding tert-OH is 1. The number of nitrogens with one attached hydrogen (secondary N) is 1. The Hall–Kier alpha value is -1.90. The van der Waals surface area contributed by atoms with Crippen LogP contribution in [0.4, 0.5) is 5.69 Å². The molecule has 0 aliphatic rings. The molecule has 1 atom stereocenters. The highest BCUT2D eigenvalue weighted by molar-refractivity contribution is 7.65. The fraction of sp³-hybridized carbons (Fsp3) is 0.312. The number of hydrogen-bond acceptors (Lipinski definition) is 5. The molecule has 0 bridgehead atoms. The van der Waals surface area contributed by atoms with Gasteiger partial charge in [-0.25, -0.2) is 0 Å². The summed E-state index contributed by atoms with van der Waals surface area (Å²) in [4.78, 5) is 11.8. The lowest BCUT2D eigenvalue weighted by Crippen LogP contribution is -2.08. The van der Waals surface area contributed by atoms with E-state index in [9.17, 15) is 9.36 Å². The topological polar surface area (TPSA) is 84.9 Å². The van der Waals surface area contributed by atoms with Crippen molar-refractivity contribution in [1.29, 1.82) is 0 Å². The van der Waals surface area contributed by atoms with Crippen LogP contribution in [-0.2, 0) is 13.8 Å². The van der Waals surface area contributed by atoms with E-state index < -0.39 is 7.52 Å². The van der Waals surface area contributed by atoms with Crippen molar-refractivity contribution in [3.63, 3.8) is 0 Å². The van der Waals surface area contributed by atoms with Gasteiger partial charge in [-0.15, -0.1) is 6.42 Å². The van der Waals surface area contributed by atoms with Gasteiger partial charge in [-0.05, 0) is 36.8 Å². The van der Waals surface area contributed by atoms with E-state index in [1.807, 2.05) is 0 Å². The molecule has 7 heteroatoms. The number of Topliss-reactive ketones (excluding diaryl/α,β-unsaturated/α-hetero) is 1. The Labute approximate surface area is 136 Å². The van der Waals surface area contributed by atoms with Gasteiger partial charge in [0.25, 0.3) is 0 Å². The fourth-order valence-corrected chi connectivity index (χ4v) is 2.63. The van der Waals surface area contributed by atoms with Crippen LogP contribution >= 0.6 is 7.52 Å². The molecule has 1 rings (SSSR count). The van der Waals surface area contributed by atoms with E-state index in [4.69, 9.17) is 20.8 Å². The van der Waals surface area contributed by atoms with Crippen LogP contribution in [0, 0.1) is 12.1 Å². The third-order valence-electron chi connectivity index (χ3n) is 2.72. The van der Waals surface area contributed by atoms with E-state index in [1.54, 1.807) is 31.2 Å². The van der Waals surface area contributed by atoms with Gasteiger partial charge >= 0.3 is 7.52 Å². The molecule has 0 saturated heterocycles. The molecule has 0 radical (unpaired) electrons. The van der Waals surface area contributed by atoms with Gasteiger partial charge in [-0.3, -0.25) is 9.36 Å². The molecule has 23 heavy (non-hydrogen) atoms. The second kappa shape index (κ2) is 9.29. The number of benzene rings is 1. The van der Waals surface area contributed by atoms with E-state index in [0.29, 0.717) is 16.8 Å². The highest BCUT2D eigenvalue weighted by Crippen LogP contribution is 2.45. The molecule has 1 aromatic rings. The van der Waals surface area contributed by atoms with Crippen LogP contribution in [0.25, 0.3) is 0 Å². The summed E-state index contributed by atoms with van der Waals surface area (Å²) in [6.07, 6.45) is 5.27. The van der Waals surface area contributed by atoms with E-state index in [1.165, 1.54) is 0 Å². The van der Waals surface area contributed by atoms with Gasteiger partial charge in [0.05, 0.1) is 26.4 Å². The van der Waals surface area contributed by atoms with Crippen molar-refractivity contribution in [1.82, 2.24) is 0 Å². The third-order valence-corrected chi connectivity index (χ3v) is 4.16. The minimum absolute atomic E-state index is 0.0285. The Balaban J connectivity index is 2.64. The molecule has 0 fully saturated rings. The lowest BCUT2D eigenvalue weighted by molar-refractivity contribution is 0.0718. The number of terminal acetylenes is 1. The first-order valence-corrected chi connectivity index (χ1v) is 8.54. The Kier molecular flexibility index (Phi) is 7.73. The summed E-state index contributed by atoms with van der Waals surface area (Å²) in [5.41, 5.74) is 3.50. The largest absolute Gasteiger partial charge is 0.394 e. The summed E-state index contributed by atoms with van der Waals surface area (Å²) in [5, 5.41) is 11.2. The molecule has 0 saturated carbocycles. The zero-order valence-corrected chi connectivity index (χ0v) is 13.8. The molecule has 124 valence electrons. The summed E-state index contributed by atoms with van der Waals surface area (Å²) < 4.78 is 22.5. The van der Waals surface area contributed by atoms with Crippen LogP contribution in [0.1, 0.15) is 17.3 Å². The lowest BCUT2D eigenvalue weighted by atomic mass is 10.1. The van der Waals surface area contributed by atoms with Crippen molar-refractivity contribution in [3.8, 4) is 12.1 Å². The number of ether oxygens (including phenoxy) is 1. The monoisotopic (exact) mass is 337 g/mol. The number of carbonyl (C=O) groups excluding carboxylic acids is 1. The summed E-state index contributed by atoms with van der Waals surface area (Å²) >= 11 is 0. The molecule has 1 aromatic carbocycles. The fourth-order valence-electron chi connectivity index (χ4n) is 1.61. The maximum absolute atomic E-state index is 12.4. The molecule has 0 heterocycles. The molecule has 0 aliphatic heterocycles. The lowest BCUT2D eigenvalue weighted by Gasteiger charge is -2.15. The number of carbonyl (C=O) groups is 1. The average Bonchev–Trinajstić information content (AvgIpc) is 2.54. The second-order valence-corrected chi connectivity index (χ2v) is 6.49. The molecule has 1 unspecified atom stereocenters. The van der Waals surface area contributed by atoms with Crippen molar-refractivity contribution in [3.05, 3.63) is 42.0 Å². The summed E-state index contributed by atoms with van der Waals surface area (Å²) in [6.45, 7) is 5.50. The molecular weight excluding hydrogens is 317 g/mol. The minimum atomic E-state index is -3.50. The highest BCUT2D eigenvalue weighted by Gasteiger charge is 2.20. The first-order valence-electron chi connectivity index (χ1n) is 6.91. The summed E-state index contributed by atoms with van der Waals surface area (Å²) in [5.74, 6) is -0.158. The normalized spacial score (nSPS) is 12.9. The molecule has 0 amide bonds. The Morgan fingerprint density at radius 2 is 2.00 bits per heavy atom. The van der Waals surface area contributed by atoms with Crippen LogP contribution in [0.2, 0.25) is 0 Å². The molecule has 0 spiro atoms. The zero-order valence-electron chi connectivity index (χ0n) is 12.9. The van der Waals surface area contributed by atoms with Crippen molar-refractivity contribution in [2.24, 2.45) is 0 Å². The average molecular weight is 337 g/mol. The zero-order chi connectivity index (χ0) is 17.3. The molecule has 0 aliphatic carbocycles. The molecule has 0 aromatic heterocycles. The number of hydrogen-bond donors (Lipinski definition) is 2. The van der Waals surface area contributed by atoms with Gasteiger partial charge in [-0.2, -0.15) is 0 Å². The predicted molar refractivity (Wildman–Crippen MR) is 89.5 cm³/mol. The Bertz CT molecular complexity index is 633. The maximum Gasteiger partial charge on any atom is 0.367 e. The minimum Gasteiger partial charge on any atom is -0.394 e. The van der Waals surface area contributed by atoms with E-state index in [2.05, 4.69) is 17.3 Å². The van der Waals surface area contributed by atoms with E-state index in [0.717, 1.165) is 0 Å². The number of rotatable bonds is 10. The van der Waals surface area contributed by atoms with Gasteiger partial charge in [0, 0.05) is 16.9 Å². The van der Waals surface area contributed by atoms with Crippen LogP contribution in [-0.4, -0.2) is 37.3 Å². The smallest absolute Gasteiger partial charge is 0.367 e. The highest BCUT2D eigenvalue weighted by atomic mass is 31.2. The molecule has 6 nitrogen and oxygen atoms in total. The van der Waals surface area contributed by atoms with Crippen molar-refractivity contribution < 1.29 is 23.7 Å². The maximum atomic E-state index is 12.4. The molecular formula is C16H20NO5P. The van der Waals surface area contributed by atoms with Gasteiger partial charge in [0.15, 0.2) is 5.78 Å². The van der Waals surface area contributed by atoms with Gasteiger partial charge in [0.1, 0.15) is 0 Å².